The molecular weight excluding hydrogens is 270 g/mol. The number of amides is 2. The fourth-order valence-electron chi connectivity index (χ4n) is 2.12. The third-order valence-electron chi connectivity index (χ3n) is 3.26. The summed E-state index contributed by atoms with van der Waals surface area (Å²) >= 11 is 0. The molecule has 1 aliphatic heterocycles. The van der Waals surface area contributed by atoms with Crippen LogP contribution in [0.15, 0.2) is 18.2 Å². The van der Waals surface area contributed by atoms with Gasteiger partial charge in [-0.3, -0.25) is 9.59 Å². The molecule has 0 radical (unpaired) electrons. The highest BCUT2D eigenvalue weighted by Crippen LogP contribution is 2.10. The Kier molecular flexibility index (Phi) is 5.68. The number of pyridine rings is 1. The largest absolute Gasteiger partial charge is 0.376 e. The Labute approximate surface area is 124 Å². The molecule has 2 heterocycles. The van der Waals surface area contributed by atoms with Gasteiger partial charge >= 0.3 is 0 Å². The minimum absolute atomic E-state index is 0.0879. The molecule has 2 N–H and O–H groups in total. The van der Waals surface area contributed by atoms with E-state index in [1.54, 1.807) is 18.2 Å². The van der Waals surface area contributed by atoms with Crippen LogP contribution in [-0.2, 0) is 4.74 Å². The maximum atomic E-state index is 12.0. The zero-order valence-electron chi connectivity index (χ0n) is 12.2. The highest BCUT2D eigenvalue weighted by atomic mass is 16.5. The lowest BCUT2D eigenvalue weighted by Gasteiger charge is -2.10. The topological polar surface area (TPSA) is 80.3 Å². The molecule has 1 aliphatic rings. The second-order valence-corrected chi connectivity index (χ2v) is 5.01. The van der Waals surface area contributed by atoms with E-state index in [4.69, 9.17) is 4.74 Å². The fraction of sp³-hybridized carbons (Fsp3) is 0.533. The molecule has 1 atom stereocenters. The molecule has 1 aromatic rings. The maximum Gasteiger partial charge on any atom is 0.269 e. The summed E-state index contributed by atoms with van der Waals surface area (Å²) in [6.45, 7) is 3.80. The van der Waals surface area contributed by atoms with E-state index in [1.165, 1.54) is 0 Å². The highest BCUT2D eigenvalue weighted by molar-refractivity contribution is 5.96. The second-order valence-electron chi connectivity index (χ2n) is 5.01. The summed E-state index contributed by atoms with van der Waals surface area (Å²) in [6, 6.07) is 4.86. The molecule has 0 spiro atoms. The third kappa shape index (κ3) is 4.53. The lowest BCUT2D eigenvalue weighted by Crippen LogP contribution is -2.33. The number of nitrogens with one attached hydrogen (secondary N) is 2. The van der Waals surface area contributed by atoms with Gasteiger partial charge in [-0.15, -0.1) is 0 Å². The lowest BCUT2D eigenvalue weighted by atomic mass is 10.2. The van der Waals surface area contributed by atoms with E-state index >= 15 is 0 Å². The monoisotopic (exact) mass is 291 g/mol. The molecule has 0 bridgehead atoms. The van der Waals surface area contributed by atoms with Crippen LogP contribution in [0.4, 0.5) is 0 Å². The second kappa shape index (κ2) is 7.73. The Morgan fingerprint density at radius 3 is 2.62 bits per heavy atom. The normalized spacial score (nSPS) is 17.5. The molecule has 2 amide bonds. The zero-order valence-corrected chi connectivity index (χ0v) is 12.2. The lowest BCUT2D eigenvalue weighted by molar-refractivity contribution is 0.0853. The van der Waals surface area contributed by atoms with Crippen molar-refractivity contribution >= 4 is 11.8 Å². The first-order valence-electron chi connectivity index (χ1n) is 7.35. The van der Waals surface area contributed by atoms with Crippen molar-refractivity contribution in [3.8, 4) is 0 Å². The van der Waals surface area contributed by atoms with Crippen LogP contribution in [0.3, 0.4) is 0 Å². The number of hydrogen-bond acceptors (Lipinski definition) is 4. The van der Waals surface area contributed by atoms with Crippen molar-refractivity contribution in [3.05, 3.63) is 29.6 Å². The van der Waals surface area contributed by atoms with Crippen molar-refractivity contribution in [2.75, 3.05) is 19.7 Å². The van der Waals surface area contributed by atoms with Crippen molar-refractivity contribution < 1.29 is 14.3 Å². The van der Waals surface area contributed by atoms with Gasteiger partial charge < -0.3 is 15.4 Å². The Morgan fingerprint density at radius 2 is 2.00 bits per heavy atom. The van der Waals surface area contributed by atoms with Gasteiger partial charge in [-0.05, 0) is 31.4 Å². The summed E-state index contributed by atoms with van der Waals surface area (Å²) in [6.07, 6.45) is 2.94. The third-order valence-corrected chi connectivity index (χ3v) is 3.26. The molecule has 6 nitrogen and oxygen atoms in total. The first kappa shape index (κ1) is 15.4. The fourth-order valence-corrected chi connectivity index (χ4v) is 2.12. The summed E-state index contributed by atoms with van der Waals surface area (Å²) < 4.78 is 5.45. The molecule has 114 valence electrons. The number of nitrogens with zero attached hydrogens (tertiary/aromatic N) is 1. The summed E-state index contributed by atoms with van der Waals surface area (Å²) in [5, 5.41) is 5.53. The molecule has 1 saturated heterocycles. The summed E-state index contributed by atoms with van der Waals surface area (Å²) in [7, 11) is 0. The molecule has 0 saturated carbocycles. The van der Waals surface area contributed by atoms with E-state index in [2.05, 4.69) is 15.6 Å². The van der Waals surface area contributed by atoms with Gasteiger partial charge in [0.15, 0.2) is 0 Å². The van der Waals surface area contributed by atoms with E-state index < -0.39 is 0 Å². The van der Waals surface area contributed by atoms with Crippen molar-refractivity contribution in [3.63, 3.8) is 0 Å². The molecule has 2 rings (SSSR count). The van der Waals surface area contributed by atoms with Gasteiger partial charge in [0, 0.05) is 19.7 Å². The first-order valence-corrected chi connectivity index (χ1v) is 7.35. The molecule has 1 fully saturated rings. The van der Waals surface area contributed by atoms with E-state index in [0.717, 1.165) is 25.9 Å². The molecule has 1 unspecified atom stereocenters. The van der Waals surface area contributed by atoms with E-state index in [9.17, 15) is 9.59 Å². The van der Waals surface area contributed by atoms with Gasteiger partial charge in [0.1, 0.15) is 11.4 Å². The van der Waals surface area contributed by atoms with Gasteiger partial charge in [-0.1, -0.05) is 13.0 Å². The van der Waals surface area contributed by atoms with Gasteiger partial charge in [-0.2, -0.15) is 0 Å². The quantitative estimate of drug-likeness (QED) is 0.823. The summed E-state index contributed by atoms with van der Waals surface area (Å²) in [5.74, 6) is -0.540. The van der Waals surface area contributed by atoms with Gasteiger partial charge in [0.25, 0.3) is 11.8 Å². The van der Waals surface area contributed by atoms with Crippen molar-refractivity contribution in [1.82, 2.24) is 15.6 Å². The molecule has 1 aromatic heterocycles. The standard InChI is InChI=1S/C15H21N3O3/c1-2-8-16-14(19)12-6-3-7-13(18-12)15(20)17-10-11-5-4-9-21-11/h3,6-7,11H,2,4-5,8-10H2,1H3,(H,16,19)(H,17,20). The molecule has 6 heteroatoms. The SMILES string of the molecule is CCCNC(=O)c1cccc(C(=O)NCC2CCCO2)n1. The van der Waals surface area contributed by atoms with E-state index in [1.807, 2.05) is 6.92 Å². The van der Waals surface area contributed by atoms with Crippen LogP contribution in [0.2, 0.25) is 0 Å². The van der Waals surface area contributed by atoms with Crippen LogP contribution < -0.4 is 10.6 Å². The van der Waals surface area contributed by atoms with Gasteiger partial charge in [-0.25, -0.2) is 4.98 Å². The van der Waals surface area contributed by atoms with Crippen LogP contribution in [0.1, 0.15) is 47.2 Å². The predicted molar refractivity (Wildman–Crippen MR) is 78.2 cm³/mol. The summed E-state index contributed by atoms with van der Waals surface area (Å²) in [5.41, 5.74) is 0.505. The average molecular weight is 291 g/mol. The number of hydrogen-bond donors (Lipinski definition) is 2. The number of carbonyl (C=O) groups excluding carboxylic acids is 2. The Morgan fingerprint density at radius 1 is 1.29 bits per heavy atom. The van der Waals surface area contributed by atoms with Crippen LogP contribution in [0.5, 0.6) is 0 Å². The van der Waals surface area contributed by atoms with Crippen molar-refractivity contribution in [1.29, 1.82) is 0 Å². The molecule has 0 aliphatic carbocycles. The predicted octanol–water partition coefficient (Wildman–Crippen LogP) is 1.13. The van der Waals surface area contributed by atoms with Gasteiger partial charge in [0.2, 0.25) is 0 Å². The van der Waals surface area contributed by atoms with E-state index in [-0.39, 0.29) is 29.3 Å². The Bertz CT molecular complexity index is 499. The number of rotatable bonds is 6. The molecule has 21 heavy (non-hydrogen) atoms. The number of ether oxygens (including phenoxy) is 1. The van der Waals surface area contributed by atoms with Crippen molar-refractivity contribution in [2.45, 2.75) is 32.3 Å². The number of aromatic nitrogens is 1. The van der Waals surface area contributed by atoms with Gasteiger partial charge in [0.05, 0.1) is 6.10 Å². The van der Waals surface area contributed by atoms with Crippen molar-refractivity contribution in [2.24, 2.45) is 0 Å². The Hall–Kier alpha value is -1.95. The smallest absolute Gasteiger partial charge is 0.269 e. The van der Waals surface area contributed by atoms with Crippen LogP contribution >= 0.6 is 0 Å². The summed E-state index contributed by atoms with van der Waals surface area (Å²) in [4.78, 5) is 28.0. The van der Waals surface area contributed by atoms with Crippen LogP contribution in [-0.4, -0.2) is 42.6 Å². The minimum Gasteiger partial charge on any atom is -0.376 e. The first-order chi connectivity index (χ1) is 10.2. The molecule has 0 aromatic carbocycles. The number of carbonyl (C=O) groups is 2. The highest BCUT2D eigenvalue weighted by Gasteiger charge is 2.17. The minimum atomic E-state index is -0.282. The van der Waals surface area contributed by atoms with Crippen LogP contribution in [0, 0.1) is 0 Å². The van der Waals surface area contributed by atoms with E-state index in [0.29, 0.717) is 13.1 Å². The Balaban J connectivity index is 1.92. The zero-order chi connectivity index (χ0) is 15.1. The average Bonchev–Trinajstić information content (AvgIpc) is 3.03. The maximum absolute atomic E-state index is 12.0. The van der Waals surface area contributed by atoms with Crippen LogP contribution in [0.25, 0.3) is 0 Å². The molecular formula is C15H21N3O3.